The summed E-state index contributed by atoms with van der Waals surface area (Å²) < 4.78 is 0. The van der Waals surface area contributed by atoms with Crippen LogP contribution in [0.2, 0.25) is 5.15 Å². The minimum Gasteiger partial charge on any atom is -0.357 e. The molecule has 2 aliphatic heterocycles. The molecule has 2 aliphatic rings. The van der Waals surface area contributed by atoms with Crippen molar-refractivity contribution in [2.75, 3.05) is 36.0 Å². The molecule has 2 aromatic heterocycles. The third kappa shape index (κ3) is 5.84. The molecular weight excluding hydrogens is 444 g/mol. The number of aromatic nitrogens is 2. The summed E-state index contributed by atoms with van der Waals surface area (Å²) >= 11 is 5.82. The van der Waals surface area contributed by atoms with Crippen molar-refractivity contribution in [2.45, 2.75) is 32.6 Å². The molecule has 0 atom stereocenters. The maximum absolute atomic E-state index is 9.22. The number of rotatable bonds is 3. The van der Waals surface area contributed by atoms with Gasteiger partial charge in [-0.25, -0.2) is 9.97 Å². The van der Waals surface area contributed by atoms with E-state index in [-0.39, 0.29) is 0 Å². The first kappa shape index (κ1) is 23.5. The first-order valence-electron chi connectivity index (χ1n) is 11.6. The summed E-state index contributed by atoms with van der Waals surface area (Å²) in [6.07, 6.45) is 4.79. The van der Waals surface area contributed by atoms with Crippen LogP contribution in [0.3, 0.4) is 0 Å². The second-order valence-electron chi connectivity index (χ2n) is 8.61. The van der Waals surface area contributed by atoms with E-state index in [4.69, 9.17) is 21.8 Å². The quantitative estimate of drug-likeness (QED) is 0.454. The third-order valence-corrected chi connectivity index (χ3v) is 6.25. The number of benzene rings is 1. The molecule has 0 saturated carbocycles. The van der Waals surface area contributed by atoms with Gasteiger partial charge in [0.05, 0.1) is 29.0 Å². The molecule has 7 heteroatoms. The largest absolute Gasteiger partial charge is 0.357 e. The molecule has 0 N–H and O–H groups in total. The number of anilines is 2. The molecule has 172 valence electrons. The topological polar surface area (TPSA) is 79.8 Å². The average molecular weight is 471 g/mol. The summed E-state index contributed by atoms with van der Waals surface area (Å²) in [6.45, 7) is 6.17. The van der Waals surface area contributed by atoms with Crippen LogP contribution in [-0.4, -0.2) is 36.1 Å². The van der Waals surface area contributed by atoms with Gasteiger partial charge in [-0.15, -0.1) is 0 Å². The Hall–Kier alpha value is -3.61. The van der Waals surface area contributed by atoms with Crippen LogP contribution in [-0.2, 0) is 0 Å². The molecule has 4 heterocycles. The Morgan fingerprint density at radius 1 is 0.735 bits per heavy atom. The molecule has 2 fully saturated rings. The van der Waals surface area contributed by atoms with Crippen molar-refractivity contribution in [2.24, 2.45) is 0 Å². The summed E-state index contributed by atoms with van der Waals surface area (Å²) in [5.74, 6) is 1.75. The summed E-state index contributed by atoms with van der Waals surface area (Å²) in [5.41, 5.74) is 4.42. The van der Waals surface area contributed by atoms with Gasteiger partial charge in [-0.05, 0) is 56.9 Å². The Labute approximate surface area is 206 Å². The highest BCUT2D eigenvalue weighted by atomic mass is 35.5. The maximum atomic E-state index is 9.22. The number of hydrogen-bond acceptors (Lipinski definition) is 6. The van der Waals surface area contributed by atoms with Crippen LogP contribution >= 0.6 is 11.6 Å². The zero-order chi connectivity index (χ0) is 23.9. The van der Waals surface area contributed by atoms with E-state index < -0.39 is 0 Å². The predicted molar refractivity (Wildman–Crippen MR) is 136 cm³/mol. The van der Waals surface area contributed by atoms with Gasteiger partial charge in [0, 0.05) is 31.7 Å². The van der Waals surface area contributed by atoms with Gasteiger partial charge in [0.25, 0.3) is 0 Å². The van der Waals surface area contributed by atoms with Crippen LogP contribution in [0.15, 0.2) is 48.5 Å². The highest BCUT2D eigenvalue weighted by molar-refractivity contribution is 6.29. The minimum absolute atomic E-state index is 0.394. The Morgan fingerprint density at radius 3 is 1.76 bits per heavy atom. The molecule has 5 rings (SSSR count). The fourth-order valence-electron chi connectivity index (χ4n) is 4.22. The van der Waals surface area contributed by atoms with E-state index in [0.717, 1.165) is 49.1 Å². The van der Waals surface area contributed by atoms with E-state index in [2.05, 4.69) is 58.1 Å². The normalized spacial score (nSPS) is 14.8. The molecule has 0 amide bonds. The predicted octanol–water partition coefficient (Wildman–Crippen LogP) is 5.74. The van der Waals surface area contributed by atoms with E-state index >= 15 is 0 Å². The molecule has 0 bridgehead atoms. The van der Waals surface area contributed by atoms with E-state index in [1.54, 1.807) is 12.1 Å². The highest BCUT2D eigenvalue weighted by Crippen LogP contribution is 2.25. The third-order valence-electron chi connectivity index (χ3n) is 6.06. The second kappa shape index (κ2) is 11.0. The Kier molecular flexibility index (Phi) is 7.62. The Bertz CT molecular complexity index is 1210. The van der Waals surface area contributed by atoms with Crippen molar-refractivity contribution < 1.29 is 0 Å². The summed E-state index contributed by atoms with van der Waals surface area (Å²) in [6, 6.07) is 19.7. The molecule has 0 aliphatic carbocycles. The van der Waals surface area contributed by atoms with E-state index in [1.165, 1.54) is 31.2 Å². The van der Waals surface area contributed by atoms with Crippen molar-refractivity contribution in [3.8, 4) is 23.4 Å². The molecular formula is C27H27ClN6. The van der Waals surface area contributed by atoms with Gasteiger partial charge in [0.15, 0.2) is 0 Å². The standard InChI is InChI=1S/C17H17N3.C10H10ClN3/c1-13-4-6-15(7-5-13)16-10-14(12-18)11-17(19-16)20-8-2-3-9-20;11-9-5-8(7-12)6-10(13-9)14-3-1-2-4-14/h4-7,10-11H,2-3,8-9H2,1H3;5-6H,1-4H2. The van der Waals surface area contributed by atoms with Gasteiger partial charge in [-0.1, -0.05) is 41.4 Å². The second-order valence-corrected chi connectivity index (χ2v) is 9.00. The lowest BCUT2D eigenvalue weighted by Gasteiger charge is -2.17. The summed E-state index contributed by atoms with van der Waals surface area (Å²) in [7, 11) is 0. The van der Waals surface area contributed by atoms with E-state index in [1.807, 2.05) is 12.1 Å². The lowest BCUT2D eigenvalue weighted by Crippen LogP contribution is -2.19. The first-order chi connectivity index (χ1) is 16.6. The zero-order valence-electron chi connectivity index (χ0n) is 19.3. The van der Waals surface area contributed by atoms with Gasteiger partial charge >= 0.3 is 0 Å². The molecule has 6 nitrogen and oxygen atoms in total. The molecule has 0 unspecified atom stereocenters. The van der Waals surface area contributed by atoms with Crippen LogP contribution in [0, 0.1) is 29.6 Å². The maximum Gasteiger partial charge on any atom is 0.132 e. The van der Waals surface area contributed by atoms with Gasteiger partial charge in [0.1, 0.15) is 16.8 Å². The van der Waals surface area contributed by atoms with Gasteiger partial charge < -0.3 is 9.80 Å². The monoisotopic (exact) mass is 470 g/mol. The van der Waals surface area contributed by atoms with Crippen molar-refractivity contribution in [1.82, 2.24) is 9.97 Å². The fourth-order valence-corrected chi connectivity index (χ4v) is 4.42. The van der Waals surface area contributed by atoms with Gasteiger partial charge in [0.2, 0.25) is 0 Å². The minimum atomic E-state index is 0.394. The lowest BCUT2D eigenvalue weighted by atomic mass is 10.1. The smallest absolute Gasteiger partial charge is 0.132 e. The van der Waals surface area contributed by atoms with Crippen LogP contribution < -0.4 is 9.80 Å². The highest BCUT2D eigenvalue weighted by Gasteiger charge is 2.16. The number of nitriles is 2. The van der Waals surface area contributed by atoms with Crippen LogP contribution in [0.25, 0.3) is 11.3 Å². The molecule has 1 aromatic carbocycles. The van der Waals surface area contributed by atoms with Crippen LogP contribution in [0.5, 0.6) is 0 Å². The lowest BCUT2D eigenvalue weighted by molar-refractivity contribution is 0.937. The Balaban J connectivity index is 0.000000172. The molecule has 2 saturated heterocycles. The van der Waals surface area contributed by atoms with Gasteiger partial charge in [-0.2, -0.15) is 10.5 Å². The SMILES string of the molecule is Cc1ccc(-c2cc(C#N)cc(N3CCCC3)n2)cc1.N#Cc1cc(Cl)nc(N2CCCC2)c1. The van der Waals surface area contributed by atoms with Crippen molar-refractivity contribution in [3.05, 3.63) is 70.4 Å². The molecule has 0 spiro atoms. The molecule has 3 aromatic rings. The first-order valence-corrected chi connectivity index (χ1v) is 12.0. The van der Waals surface area contributed by atoms with Gasteiger partial charge in [-0.3, -0.25) is 0 Å². The average Bonchev–Trinajstić information content (AvgIpc) is 3.59. The number of aryl methyl sites for hydroxylation is 1. The van der Waals surface area contributed by atoms with Crippen LogP contribution in [0.1, 0.15) is 42.4 Å². The van der Waals surface area contributed by atoms with Crippen molar-refractivity contribution in [1.29, 1.82) is 10.5 Å². The molecule has 34 heavy (non-hydrogen) atoms. The molecule has 0 radical (unpaired) electrons. The number of halogens is 1. The summed E-state index contributed by atoms with van der Waals surface area (Å²) in [4.78, 5) is 13.4. The van der Waals surface area contributed by atoms with E-state index in [0.29, 0.717) is 16.3 Å². The van der Waals surface area contributed by atoms with Crippen LogP contribution in [0.4, 0.5) is 11.6 Å². The van der Waals surface area contributed by atoms with Crippen molar-refractivity contribution in [3.63, 3.8) is 0 Å². The number of hydrogen-bond donors (Lipinski definition) is 0. The van der Waals surface area contributed by atoms with Crippen molar-refractivity contribution >= 4 is 23.2 Å². The summed E-state index contributed by atoms with van der Waals surface area (Å²) in [5, 5.41) is 18.4. The van der Waals surface area contributed by atoms with E-state index in [9.17, 15) is 5.26 Å². The number of nitrogens with zero attached hydrogens (tertiary/aromatic N) is 6. The fraction of sp³-hybridized carbons (Fsp3) is 0.333. The zero-order valence-corrected chi connectivity index (χ0v) is 20.1. The Morgan fingerprint density at radius 2 is 1.24 bits per heavy atom. The number of pyridine rings is 2.